The number of piperidine rings is 1. The molecule has 5 rings (SSSR count). The van der Waals surface area contributed by atoms with Crippen LogP contribution in [0.1, 0.15) is 47.0 Å². The number of furan rings is 1. The third kappa shape index (κ3) is 4.83. The Hall–Kier alpha value is -3.01. The van der Waals surface area contributed by atoms with Crippen LogP contribution in [0.5, 0.6) is 0 Å². The Labute approximate surface area is 215 Å². The van der Waals surface area contributed by atoms with Crippen molar-refractivity contribution in [3.8, 4) is 0 Å². The van der Waals surface area contributed by atoms with E-state index < -0.39 is 10.0 Å². The fourth-order valence-electron chi connectivity index (χ4n) is 4.56. The minimum atomic E-state index is -3.58. The molecule has 1 aliphatic heterocycles. The Balaban J connectivity index is 1.46. The topological polar surface area (TPSA) is 83.7 Å². The van der Waals surface area contributed by atoms with Crippen molar-refractivity contribution in [2.75, 3.05) is 18.0 Å². The second kappa shape index (κ2) is 9.80. The molecule has 0 bridgehead atoms. The first-order valence-electron chi connectivity index (χ1n) is 12.0. The van der Waals surface area contributed by atoms with Gasteiger partial charge in [-0.2, -0.15) is 4.31 Å². The summed E-state index contributed by atoms with van der Waals surface area (Å²) in [7, 11) is -3.58. The van der Waals surface area contributed by atoms with E-state index in [2.05, 4.69) is 19.1 Å². The number of aromatic nitrogens is 1. The van der Waals surface area contributed by atoms with Crippen LogP contribution in [-0.2, 0) is 16.6 Å². The zero-order chi connectivity index (χ0) is 25.4. The number of rotatable bonds is 6. The van der Waals surface area contributed by atoms with Crippen molar-refractivity contribution >= 4 is 42.6 Å². The number of hydrogen-bond donors (Lipinski definition) is 0. The van der Waals surface area contributed by atoms with Gasteiger partial charge in [0.05, 0.1) is 27.9 Å². The molecular weight excluding hydrogens is 494 g/mol. The largest absolute Gasteiger partial charge is 0.467 e. The molecule has 2 aromatic heterocycles. The van der Waals surface area contributed by atoms with Gasteiger partial charge in [-0.1, -0.05) is 24.3 Å². The molecule has 188 valence electrons. The van der Waals surface area contributed by atoms with E-state index in [1.807, 2.05) is 19.9 Å². The number of nitrogens with zero attached hydrogens (tertiary/aromatic N) is 3. The van der Waals surface area contributed by atoms with Crippen LogP contribution in [0, 0.1) is 19.8 Å². The number of thiazole rings is 1. The van der Waals surface area contributed by atoms with Crippen molar-refractivity contribution in [3.63, 3.8) is 0 Å². The molecule has 0 unspecified atom stereocenters. The Kier molecular flexibility index (Phi) is 6.72. The van der Waals surface area contributed by atoms with E-state index in [9.17, 15) is 13.2 Å². The number of carbonyl (C=O) groups is 1. The zero-order valence-corrected chi connectivity index (χ0v) is 22.2. The van der Waals surface area contributed by atoms with Gasteiger partial charge in [0.1, 0.15) is 5.76 Å². The highest BCUT2D eigenvalue weighted by molar-refractivity contribution is 7.89. The Morgan fingerprint density at radius 1 is 1.14 bits per heavy atom. The van der Waals surface area contributed by atoms with E-state index in [1.165, 1.54) is 23.5 Å². The molecular formula is C27H29N3O4S2. The summed E-state index contributed by atoms with van der Waals surface area (Å²) < 4.78 is 34.3. The van der Waals surface area contributed by atoms with Gasteiger partial charge in [-0.3, -0.25) is 9.69 Å². The lowest BCUT2D eigenvalue weighted by Gasteiger charge is -2.29. The van der Waals surface area contributed by atoms with Crippen LogP contribution in [0.4, 0.5) is 5.13 Å². The lowest BCUT2D eigenvalue weighted by atomic mass is 10.0. The summed E-state index contributed by atoms with van der Waals surface area (Å²) in [6, 6.07) is 14.0. The number of amides is 1. The molecule has 0 N–H and O–H groups in total. The van der Waals surface area contributed by atoms with Gasteiger partial charge in [0.2, 0.25) is 10.0 Å². The van der Waals surface area contributed by atoms with Gasteiger partial charge in [0, 0.05) is 18.7 Å². The molecule has 1 fully saturated rings. The van der Waals surface area contributed by atoms with E-state index >= 15 is 0 Å². The maximum atomic E-state index is 13.7. The molecule has 7 nitrogen and oxygen atoms in total. The summed E-state index contributed by atoms with van der Waals surface area (Å²) in [4.78, 5) is 20.3. The Morgan fingerprint density at radius 3 is 2.53 bits per heavy atom. The third-order valence-electron chi connectivity index (χ3n) is 6.67. The average Bonchev–Trinajstić information content (AvgIpc) is 3.52. The summed E-state index contributed by atoms with van der Waals surface area (Å²) in [5.41, 5.74) is 3.45. The van der Waals surface area contributed by atoms with E-state index in [0.29, 0.717) is 35.5 Å². The van der Waals surface area contributed by atoms with Gasteiger partial charge in [0.15, 0.2) is 5.13 Å². The van der Waals surface area contributed by atoms with Gasteiger partial charge in [0.25, 0.3) is 5.91 Å². The van der Waals surface area contributed by atoms with E-state index in [1.54, 1.807) is 33.7 Å². The summed E-state index contributed by atoms with van der Waals surface area (Å²) >= 11 is 1.45. The maximum Gasteiger partial charge on any atom is 0.260 e. The number of hydrogen-bond acceptors (Lipinski definition) is 6. The van der Waals surface area contributed by atoms with Gasteiger partial charge in [-0.15, -0.1) is 0 Å². The molecule has 36 heavy (non-hydrogen) atoms. The van der Waals surface area contributed by atoms with Crippen molar-refractivity contribution in [1.82, 2.24) is 9.29 Å². The van der Waals surface area contributed by atoms with Crippen LogP contribution in [0.15, 0.2) is 64.1 Å². The van der Waals surface area contributed by atoms with Gasteiger partial charge >= 0.3 is 0 Å². The summed E-state index contributed by atoms with van der Waals surface area (Å²) in [5, 5.41) is 0.569. The van der Waals surface area contributed by atoms with E-state index in [0.717, 1.165) is 34.2 Å². The first-order valence-corrected chi connectivity index (χ1v) is 14.3. The van der Waals surface area contributed by atoms with Crippen LogP contribution >= 0.6 is 11.3 Å². The smallest absolute Gasteiger partial charge is 0.260 e. The molecule has 0 radical (unpaired) electrons. The molecule has 0 aliphatic carbocycles. The molecule has 4 aromatic rings. The van der Waals surface area contributed by atoms with Gasteiger partial charge in [-0.05, 0) is 86.2 Å². The molecule has 0 spiro atoms. The van der Waals surface area contributed by atoms with E-state index in [4.69, 9.17) is 9.40 Å². The molecule has 1 saturated heterocycles. The highest BCUT2D eigenvalue weighted by atomic mass is 32.2. The number of benzene rings is 2. The fourth-order valence-corrected chi connectivity index (χ4v) is 7.17. The van der Waals surface area contributed by atoms with Crippen LogP contribution in [0.25, 0.3) is 10.2 Å². The highest BCUT2D eigenvalue weighted by Gasteiger charge is 2.29. The van der Waals surface area contributed by atoms with Gasteiger partial charge < -0.3 is 4.42 Å². The average molecular weight is 524 g/mol. The Morgan fingerprint density at radius 2 is 1.86 bits per heavy atom. The van der Waals surface area contributed by atoms with E-state index in [-0.39, 0.29) is 17.3 Å². The normalized spacial score (nSPS) is 15.4. The molecule has 0 saturated carbocycles. The molecule has 2 aromatic carbocycles. The predicted molar refractivity (Wildman–Crippen MR) is 142 cm³/mol. The minimum absolute atomic E-state index is 0.206. The van der Waals surface area contributed by atoms with Crippen molar-refractivity contribution in [3.05, 3.63) is 77.2 Å². The van der Waals surface area contributed by atoms with Crippen LogP contribution in [0.2, 0.25) is 0 Å². The number of aryl methyl sites for hydroxylation is 2. The SMILES string of the molecule is Cc1cc(C)c2nc(N(Cc3ccco3)C(=O)c3ccc(S(=O)(=O)N4CCC(C)CC4)cc3)sc2c1. The van der Waals surface area contributed by atoms with Gasteiger partial charge in [-0.25, -0.2) is 13.4 Å². The van der Waals surface area contributed by atoms with Crippen LogP contribution in [-0.4, -0.2) is 36.7 Å². The quantitative estimate of drug-likeness (QED) is 0.320. The lowest BCUT2D eigenvalue weighted by molar-refractivity contribution is 0.0983. The summed E-state index contributed by atoms with van der Waals surface area (Å²) in [5.74, 6) is 0.899. The summed E-state index contributed by atoms with van der Waals surface area (Å²) in [6.07, 6.45) is 3.29. The predicted octanol–water partition coefficient (Wildman–Crippen LogP) is 5.77. The second-order valence-electron chi connectivity index (χ2n) is 9.51. The second-order valence-corrected chi connectivity index (χ2v) is 12.5. The number of sulfonamides is 1. The maximum absolute atomic E-state index is 13.7. The van der Waals surface area contributed by atoms with Crippen LogP contribution in [0.3, 0.4) is 0 Å². The molecule has 1 aliphatic rings. The van der Waals surface area contributed by atoms with Crippen LogP contribution < -0.4 is 4.90 Å². The van der Waals surface area contributed by atoms with Crippen molar-refractivity contribution in [2.45, 2.75) is 45.1 Å². The summed E-state index contributed by atoms with van der Waals surface area (Å²) in [6.45, 7) is 7.47. The lowest BCUT2D eigenvalue weighted by Crippen LogP contribution is -2.37. The number of anilines is 1. The molecule has 9 heteroatoms. The number of fused-ring (bicyclic) bond motifs is 1. The first-order chi connectivity index (χ1) is 17.2. The fraction of sp³-hybridized carbons (Fsp3) is 0.333. The molecule has 1 amide bonds. The number of carbonyl (C=O) groups excluding carboxylic acids is 1. The first kappa shape index (κ1) is 24.7. The zero-order valence-electron chi connectivity index (χ0n) is 20.6. The minimum Gasteiger partial charge on any atom is -0.467 e. The third-order valence-corrected chi connectivity index (χ3v) is 9.61. The molecule has 0 atom stereocenters. The van der Waals surface area contributed by atoms with Crippen molar-refractivity contribution in [1.29, 1.82) is 0 Å². The molecule has 3 heterocycles. The highest BCUT2D eigenvalue weighted by Crippen LogP contribution is 2.33. The Bertz CT molecular complexity index is 1480. The monoisotopic (exact) mass is 523 g/mol. The van der Waals surface area contributed by atoms with Crippen molar-refractivity contribution < 1.29 is 17.6 Å². The standard InChI is InChI=1S/C27H29N3O4S2/c1-18-10-12-29(13-11-18)36(32,33)23-8-6-21(7-9-23)26(31)30(17-22-5-4-14-34-22)27-28-25-20(3)15-19(2)16-24(25)35-27/h4-9,14-16,18H,10-13,17H2,1-3H3. The van der Waals surface area contributed by atoms with Crippen molar-refractivity contribution in [2.24, 2.45) is 5.92 Å².